The molecule has 1 aromatic rings. The summed E-state index contributed by atoms with van der Waals surface area (Å²) >= 11 is 0. The smallest absolute Gasteiger partial charge is 0.254 e. The highest BCUT2D eigenvalue weighted by Crippen LogP contribution is 2.55. The number of nitrogens with zero attached hydrogens (tertiary/aromatic N) is 3. The summed E-state index contributed by atoms with van der Waals surface area (Å²) in [5.74, 6) is 2.50. The van der Waals surface area contributed by atoms with E-state index in [9.17, 15) is 9.90 Å². The Morgan fingerprint density at radius 2 is 1.84 bits per heavy atom. The Kier molecular flexibility index (Phi) is 4.99. The highest BCUT2D eigenvalue weighted by Gasteiger charge is 2.55. The van der Waals surface area contributed by atoms with E-state index in [1.54, 1.807) is 6.20 Å². The number of hydrogen-bond acceptors (Lipinski definition) is 6. The predicted molar refractivity (Wildman–Crippen MR) is 121 cm³/mol. The number of aromatic nitrogens is 2. The molecule has 6 fully saturated rings. The number of aliphatic hydroxyl groups is 1. The van der Waals surface area contributed by atoms with Gasteiger partial charge in [0.15, 0.2) is 0 Å². The molecule has 1 aliphatic heterocycles. The summed E-state index contributed by atoms with van der Waals surface area (Å²) in [4.78, 5) is 25.3. The number of morpholine rings is 1. The van der Waals surface area contributed by atoms with Gasteiger partial charge in [-0.25, -0.2) is 9.97 Å². The largest absolute Gasteiger partial charge is 0.390 e. The summed E-state index contributed by atoms with van der Waals surface area (Å²) in [6.45, 7) is 5.71. The third-order valence-electron chi connectivity index (χ3n) is 8.78. The highest BCUT2D eigenvalue weighted by atomic mass is 16.5. The van der Waals surface area contributed by atoms with Crippen molar-refractivity contribution < 1.29 is 14.6 Å². The molecule has 1 aromatic heterocycles. The van der Waals surface area contributed by atoms with Gasteiger partial charge in [-0.15, -0.1) is 0 Å². The molecule has 5 aliphatic carbocycles. The summed E-state index contributed by atoms with van der Waals surface area (Å²) < 4.78 is 5.87. The van der Waals surface area contributed by atoms with Crippen molar-refractivity contribution in [1.29, 1.82) is 0 Å². The first-order valence-corrected chi connectivity index (χ1v) is 12.7. The third-order valence-corrected chi connectivity index (χ3v) is 8.78. The summed E-state index contributed by atoms with van der Waals surface area (Å²) in [5, 5.41) is 14.3. The Morgan fingerprint density at radius 1 is 1.16 bits per heavy atom. The molecular formula is C25H36N4O3. The lowest BCUT2D eigenvalue weighted by Gasteiger charge is -2.58. The van der Waals surface area contributed by atoms with Gasteiger partial charge in [0.1, 0.15) is 0 Å². The average molecular weight is 441 g/mol. The van der Waals surface area contributed by atoms with Gasteiger partial charge in [0, 0.05) is 31.2 Å². The van der Waals surface area contributed by atoms with Crippen LogP contribution >= 0.6 is 0 Å². The monoisotopic (exact) mass is 440 g/mol. The zero-order chi connectivity index (χ0) is 22.0. The minimum absolute atomic E-state index is 0.0216. The average Bonchev–Trinajstić information content (AvgIpc) is 2.67. The van der Waals surface area contributed by atoms with Crippen LogP contribution in [0.5, 0.6) is 0 Å². The predicted octanol–water partition coefficient (Wildman–Crippen LogP) is 3.03. The van der Waals surface area contributed by atoms with Gasteiger partial charge < -0.3 is 20.1 Å². The number of carbonyl (C=O) groups excluding carboxylic acids is 1. The van der Waals surface area contributed by atoms with E-state index in [0.29, 0.717) is 29.2 Å². The van der Waals surface area contributed by atoms with Gasteiger partial charge in [0.2, 0.25) is 5.95 Å². The summed E-state index contributed by atoms with van der Waals surface area (Å²) in [5.41, 5.74) is 1.10. The van der Waals surface area contributed by atoms with Gasteiger partial charge in [-0.3, -0.25) is 4.79 Å². The molecule has 0 radical (unpaired) electrons. The first-order chi connectivity index (χ1) is 15.4. The molecule has 32 heavy (non-hydrogen) atoms. The van der Waals surface area contributed by atoms with Crippen LogP contribution in [0.25, 0.3) is 0 Å². The van der Waals surface area contributed by atoms with E-state index >= 15 is 0 Å². The lowest BCUT2D eigenvalue weighted by atomic mass is 9.52. The zero-order valence-electron chi connectivity index (χ0n) is 19.3. The van der Waals surface area contributed by atoms with Crippen molar-refractivity contribution in [2.75, 3.05) is 18.0 Å². The second-order valence-corrected chi connectivity index (χ2v) is 11.5. The van der Waals surface area contributed by atoms with Crippen molar-refractivity contribution >= 4 is 11.9 Å². The molecule has 0 aromatic carbocycles. The van der Waals surface area contributed by atoms with Gasteiger partial charge >= 0.3 is 0 Å². The topological polar surface area (TPSA) is 87.6 Å². The maximum atomic E-state index is 13.5. The molecule has 5 saturated carbocycles. The molecule has 1 saturated heterocycles. The molecule has 4 atom stereocenters. The van der Waals surface area contributed by atoms with E-state index in [4.69, 9.17) is 9.72 Å². The van der Waals surface area contributed by atoms with Crippen LogP contribution in [-0.2, 0) is 4.74 Å². The normalized spacial score (nSPS) is 40.9. The van der Waals surface area contributed by atoms with Gasteiger partial charge in [0.05, 0.1) is 29.1 Å². The number of ether oxygens (including phenoxy) is 1. The number of anilines is 1. The molecule has 174 valence electrons. The van der Waals surface area contributed by atoms with E-state index in [-0.39, 0.29) is 24.2 Å². The van der Waals surface area contributed by atoms with Gasteiger partial charge in [-0.05, 0) is 76.5 Å². The standard InChI is InChI=1S/C25H36N4O3/c1-14-12-29(13-15(2)32-14)24-26-11-20(22(28-24)17-4-3-5-17)23(30)27-21-18-6-16-7-19(21)10-25(31,8-16)9-18/h11,14-19,21,31H,3-10,12-13H2,1-2H3,(H,27,30). The summed E-state index contributed by atoms with van der Waals surface area (Å²) in [6.07, 6.45) is 10.3. The van der Waals surface area contributed by atoms with Crippen LogP contribution < -0.4 is 10.2 Å². The number of amides is 1. The van der Waals surface area contributed by atoms with E-state index in [1.807, 2.05) is 0 Å². The molecule has 7 rings (SSSR count). The second kappa shape index (κ2) is 7.66. The molecule has 7 nitrogen and oxygen atoms in total. The quantitative estimate of drug-likeness (QED) is 0.748. The van der Waals surface area contributed by atoms with Crippen molar-refractivity contribution in [1.82, 2.24) is 15.3 Å². The Bertz CT molecular complexity index is 877. The number of nitrogens with one attached hydrogen (secondary N) is 1. The van der Waals surface area contributed by atoms with Crippen molar-refractivity contribution in [3.05, 3.63) is 17.5 Å². The number of carbonyl (C=O) groups is 1. The lowest BCUT2D eigenvalue weighted by molar-refractivity contribution is -0.136. The molecule has 6 aliphatic rings. The van der Waals surface area contributed by atoms with Crippen molar-refractivity contribution in [3.63, 3.8) is 0 Å². The zero-order valence-corrected chi connectivity index (χ0v) is 19.3. The molecular weight excluding hydrogens is 404 g/mol. The van der Waals surface area contributed by atoms with Gasteiger partial charge in [0.25, 0.3) is 5.91 Å². The van der Waals surface area contributed by atoms with Crippen LogP contribution in [0.4, 0.5) is 5.95 Å². The minimum Gasteiger partial charge on any atom is -0.390 e. The molecule has 2 heterocycles. The molecule has 0 spiro atoms. The molecule has 4 unspecified atom stereocenters. The Labute approximate surface area is 190 Å². The van der Waals surface area contributed by atoms with Gasteiger partial charge in [-0.2, -0.15) is 0 Å². The Hall–Kier alpha value is -1.73. The van der Waals surface area contributed by atoms with Crippen LogP contribution in [0.15, 0.2) is 6.20 Å². The van der Waals surface area contributed by atoms with Crippen molar-refractivity contribution in [3.8, 4) is 0 Å². The van der Waals surface area contributed by atoms with Crippen LogP contribution in [-0.4, -0.2) is 57.9 Å². The van der Waals surface area contributed by atoms with E-state index < -0.39 is 5.60 Å². The van der Waals surface area contributed by atoms with Crippen molar-refractivity contribution in [2.24, 2.45) is 17.8 Å². The number of hydrogen-bond donors (Lipinski definition) is 2. The van der Waals surface area contributed by atoms with E-state index in [2.05, 4.69) is 29.0 Å². The van der Waals surface area contributed by atoms with Crippen LogP contribution in [0.1, 0.15) is 87.2 Å². The maximum absolute atomic E-state index is 13.5. The summed E-state index contributed by atoms with van der Waals surface area (Å²) in [6, 6.07) is 0.175. The molecule has 7 heteroatoms. The highest BCUT2D eigenvalue weighted by molar-refractivity contribution is 5.95. The molecule has 2 N–H and O–H groups in total. The first-order valence-electron chi connectivity index (χ1n) is 12.7. The molecule has 1 amide bonds. The van der Waals surface area contributed by atoms with Crippen LogP contribution in [0.3, 0.4) is 0 Å². The molecule has 4 bridgehead atoms. The summed E-state index contributed by atoms with van der Waals surface area (Å²) in [7, 11) is 0. The van der Waals surface area contributed by atoms with E-state index in [1.165, 1.54) is 6.42 Å². The minimum atomic E-state index is -0.480. The fourth-order valence-corrected chi connectivity index (χ4v) is 7.49. The van der Waals surface area contributed by atoms with E-state index in [0.717, 1.165) is 69.7 Å². The fraction of sp³-hybridized carbons (Fsp3) is 0.800. The third kappa shape index (κ3) is 3.61. The Balaban J connectivity index is 1.24. The SMILES string of the molecule is CC1CN(c2ncc(C(=O)NC3C4CC5CC3CC(O)(C5)C4)c(C3CCC3)n2)CC(C)O1. The first kappa shape index (κ1) is 20.8. The fourth-order valence-electron chi connectivity index (χ4n) is 7.49. The lowest BCUT2D eigenvalue weighted by Crippen LogP contribution is -2.61. The number of rotatable bonds is 4. The van der Waals surface area contributed by atoms with Crippen LogP contribution in [0.2, 0.25) is 0 Å². The van der Waals surface area contributed by atoms with Crippen molar-refractivity contribution in [2.45, 2.75) is 95.0 Å². The second-order valence-electron chi connectivity index (χ2n) is 11.5. The van der Waals surface area contributed by atoms with Gasteiger partial charge in [-0.1, -0.05) is 6.42 Å². The maximum Gasteiger partial charge on any atom is 0.254 e. The Morgan fingerprint density at radius 3 is 2.44 bits per heavy atom. The van der Waals surface area contributed by atoms with Crippen LogP contribution in [0, 0.1) is 17.8 Å².